The van der Waals surface area contributed by atoms with Crippen molar-refractivity contribution in [3.63, 3.8) is 0 Å². The van der Waals surface area contributed by atoms with E-state index in [1.54, 1.807) is 24.5 Å². The van der Waals surface area contributed by atoms with Gasteiger partial charge in [-0.25, -0.2) is 9.97 Å². The predicted molar refractivity (Wildman–Crippen MR) is 117 cm³/mol. The molecule has 0 aliphatic carbocycles. The highest BCUT2D eigenvalue weighted by Crippen LogP contribution is 2.23. The van der Waals surface area contributed by atoms with Gasteiger partial charge in [0.2, 0.25) is 5.95 Å². The zero-order chi connectivity index (χ0) is 21.0. The average Bonchev–Trinajstić information content (AvgIpc) is 2.68. The Morgan fingerprint density at radius 1 is 1.00 bits per heavy atom. The standard InChI is InChI=1S/C24H24N4O/c1-16-5-7-19(13-18(16)8-6-17-14-26-23(25)27-15-17)22(29)28-21-11-9-20(10-12-21)24(2,3)4/h5,7,9-15H,1-4H3,(H,28,29)(H2,25,26,27). The van der Waals surface area contributed by atoms with Gasteiger partial charge in [0.05, 0.1) is 5.56 Å². The minimum Gasteiger partial charge on any atom is -0.368 e. The number of aryl methyl sites for hydroxylation is 1. The third-order valence-corrected chi connectivity index (χ3v) is 4.52. The van der Waals surface area contributed by atoms with Crippen LogP contribution in [0.3, 0.4) is 0 Å². The van der Waals surface area contributed by atoms with Gasteiger partial charge in [-0.2, -0.15) is 0 Å². The summed E-state index contributed by atoms with van der Waals surface area (Å²) in [5.41, 5.74) is 10.5. The quantitative estimate of drug-likeness (QED) is 0.645. The number of carbonyl (C=O) groups excluding carboxylic acids is 1. The van der Waals surface area contributed by atoms with E-state index in [-0.39, 0.29) is 17.3 Å². The third kappa shape index (κ3) is 5.20. The molecule has 0 saturated heterocycles. The maximum absolute atomic E-state index is 12.7. The molecule has 2 aromatic carbocycles. The average molecular weight is 384 g/mol. The van der Waals surface area contributed by atoms with Crippen molar-refractivity contribution in [3.8, 4) is 11.8 Å². The van der Waals surface area contributed by atoms with E-state index >= 15 is 0 Å². The van der Waals surface area contributed by atoms with Gasteiger partial charge in [-0.3, -0.25) is 4.79 Å². The summed E-state index contributed by atoms with van der Waals surface area (Å²) in [6.45, 7) is 8.43. The fourth-order valence-electron chi connectivity index (χ4n) is 2.70. The summed E-state index contributed by atoms with van der Waals surface area (Å²) in [6, 6.07) is 13.4. The normalized spacial score (nSPS) is 10.8. The lowest BCUT2D eigenvalue weighted by molar-refractivity contribution is 0.102. The number of hydrogen-bond acceptors (Lipinski definition) is 4. The Hall–Kier alpha value is -3.65. The topological polar surface area (TPSA) is 80.9 Å². The van der Waals surface area contributed by atoms with Gasteiger partial charge in [0.15, 0.2) is 0 Å². The van der Waals surface area contributed by atoms with Crippen LogP contribution in [0.2, 0.25) is 0 Å². The lowest BCUT2D eigenvalue weighted by Gasteiger charge is -2.19. The van der Waals surface area contributed by atoms with Gasteiger partial charge in [-0.15, -0.1) is 0 Å². The monoisotopic (exact) mass is 384 g/mol. The summed E-state index contributed by atoms with van der Waals surface area (Å²) in [7, 11) is 0. The number of nitrogens with two attached hydrogens (primary N) is 1. The number of carbonyl (C=O) groups is 1. The van der Waals surface area contributed by atoms with Gasteiger partial charge in [0.1, 0.15) is 0 Å². The molecule has 0 aliphatic rings. The molecular formula is C24H24N4O. The molecule has 0 bridgehead atoms. The molecule has 5 nitrogen and oxygen atoms in total. The van der Waals surface area contributed by atoms with E-state index in [2.05, 4.69) is 47.9 Å². The van der Waals surface area contributed by atoms with Gasteiger partial charge in [-0.05, 0) is 47.7 Å². The fourth-order valence-corrected chi connectivity index (χ4v) is 2.70. The highest BCUT2D eigenvalue weighted by Gasteiger charge is 2.13. The fraction of sp³-hybridized carbons (Fsp3) is 0.208. The molecule has 3 rings (SSSR count). The van der Waals surface area contributed by atoms with Crippen LogP contribution in [0.15, 0.2) is 54.9 Å². The van der Waals surface area contributed by atoms with Crippen LogP contribution in [0, 0.1) is 18.8 Å². The number of hydrogen-bond donors (Lipinski definition) is 2. The van der Waals surface area contributed by atoms with E-state index in [1.807, 2.05) is 37.3 Å². The summed E-state index contributed by atoms with van der Waals surface area (Å²) >= 11 is 0. The van der Waals surface area contributed by atoms with Crippen LogP contribution in [-0.4, -0.2) is 15.9 Å². The van der Waals surface area contributed by atoms with Crippen molar-refractivity contribution in [2.24, 2.45) is 0 Å². The Morgan fingerprint density at radius 2 is 1.66 bits per heavy atom. The smallest absolute Gasteiger partial charge is 0.255 e. The third-order valence-electron chi connectivity index (χ3n) is 4.52. The molecule has 0 spiro atoms. The van der Waals surface area contributed by atoms with Crippen molar-refractivity contribution in [2.75, 3.05) is 11.1 Å². The van der Waals surface area contributed by atoms with Gasteiger partial charge in [-0.1, -0.05) is 50.8 Å². The molecule has 146 valence electrons. The molecule has 0 radical (unpaired) electrons. The minimum atomic E-state index is -0.174. The van der Waals surface area contributed by atoms with Crippen LogP contribution in [0.1, 0.15) is 53.4 Å². The molecule has 29 heavy (non-hydrogen) atoms. The first kappa shape index (κ1) is 20.1. The molecule has 0 aliphatic heterocycles. The molecule has 5 heteroatoms. The molecule has 3 N–H and O–H groups in total. The number of aromatic nitrogens is 2. The Balaban J connectivity index is 1.78. The molecule has 0 fully saturated rings. The second kappa shape index (κ2) is 8.15. The highest BCUT2D eigenvalue weighted by atomic mass is 16.1. The van der Waals surface area contributed by atoms with Crippen molar-refractivity contribution in [2.45, 2.75) is 33.1 Å². The van der Waals surface area contributed by atoms with E-state index in [0.29, 0.717) is 11.1 Å². The van der Waals surface area contributed by atoms with Crippen molar-refractivity contribution >= 4 is 17.5 Å². The Bertz CT molecular complexity index is 1080. The van der Waals surface area contributed by atoms with Crippen LogP contribution >= 0.6 is 0 Å². The molecule has 3 aromatic rings. The molecular weight excluding hydrogens is 360 g/mol. The van der Waals surface area contributed by atoms with E-state index in [9.17, 15) is 4.79 Å². The maximum Gasteiger partial charge on any atom is 0.255 e. The SMILES string of the molecule is Cc1ccc(C(=O)Nc2ccc(C(C)(C)C)cc2)cc1C#Cc1cnc(N)nc1. The molecule has 1 aromatic heterocycles. The molecule has 0 saturated carbocycles. The Morgan fingerprint density at radius 3 is 2.28 bits per heavy atom. The summed E-state index contributed by atoms with van der Waals surface area (Å²) < 4.78 is 0. The molecule has 0 unspecified atom stereocenters. The summed E-state index contributed by atoms with van der Waals surface area (Å²) in [6.07, 6.45) is 3.14. The molecule has 0 atom stereocenters. The minimum absolute atomic E-state index is 0.0720. The summed E-state index contributed by atoms with van der Waals surface area (Å²) in [5, 5.41) is 2.94. The zero-order valence-corrected chi connectivity index (χ0v) is 17.1. The Labute approximate surface area is 171 Å². The van der Waals surface area contributed by atoms with E-state index in [4.69, 9.17) is 5.73 Å². The zero-order valence-electron chi connectivity index (χ0n) is 17.1. The lowest BCUT2D eigenvalue weighted by Crippen LogP contribution is -2.14. The maximum atomic E-state index is 12.7. The van der Waals surface area contributed by atoms with Crippen LogP contribution in [0.5, 0.6) is 0 Å². The van der Waals surface area contributed by atoms with Gasteiger partial charge in [0, 0.05) is 29.2 Å². The van der Waals surface area contributed by atoms with E-state index < -0.39 is 0 Å². The van der Waals surface area contributed by atoms with Crippen molar-refractivity contribution in [3.05, 3.63) is 82.7 Å². The number of anilines is 2. The van der Waals surface area contributed by atoms with Crippen LogP contribution in [0.25, 0.3) is 0 Å². The van der Waals surface area contributed by atoms with E-state index in [1.165, 1.54) is 5.56 Å². The van der Waals surface area contributed by atoms with E-state index in [0.717, 1.165) is 16.8 Å². The molecule has 1 amide bonds. The number of amides is 1. The first-order valence-corrected chi connectivity index (χ1v) is 9.34. The Kier molecular flexibility index (Phi) is 5.65. The number of nitrogens with one attached hydrogen (secondary N) is 1. The van der Waals surface area contributed by atoms with Gasteiger partial charge < -0.3 is 11.1 Å². The number of rotatable bonds is 2. The number of nitrogens with zero attached hydrogens (tertiary/aromatic N) is 2. The van der Waals surface area contributed by atoms with Crippen molar-refractivity contribution < 1.29 is 4.79 Å². The van der Waals surface area contributed by atoms with Crippen molar-refractivity contribution in [1.29, 1.82) is 0 Å². The highest BCUT2D eigenvalue weighted by molar-refractivity contribution is 6.04. The van der Waals surface area contributed by atoms with Crippen LogP contribution < -0.4 is 11.1 Å². The second-order valence-corrected chi connectivity index (χ2v) is 7.89. The largest absolute Gasteiger partial charge is 0.368 e. The van der Waals surface area contributed by atoms with Gasteiger partial charge in [0.25, 0.3) is 5.91 Å². The first-order valence-electron chi connectivity index (χ1n) is 9.34. The summed E-state index contributed by atoms with van der Waals surface area (Å²) in [5.74, 6) is 6.12. The molecule has 1 heterocycles. The lowest BCUT2D eigenvalue weighted by atomic mass is 9.87. The first-order chi connectivity index (χ1) is 13.7. The van der Waals surface area contributed by atoms with Crippen LogP contribution in [-0.2, 0) is 5.41 Å². The van der Waals surface area contributed by atoms with Gasteiger partial charge >= 0.3 is 0 Å². The number of nitrogen functional groups attached to an aromatic ring is 1. The number of benzene rings is 2. The van der Waals surface area contributed by atoms with Crippen LogP contribution in [0.4, 0.5) is 11.6 Å². The second-order valence-electron chi connectivity index (χ2n) is 7.89. The summed E-state index contributed by atoms with van der Waals surface area (Å²) in [4.78, 5) is 20.5. The van der Waals surface area contributed by atoms with Crippen molar-refractivity contribution in [1.82, 2.24) is 9.97 Å². The predicted octanol–water partition coefficient (Wildman–Crippen LogP) is 4.32.